The Morgan fingerprint density at radius 3 is 2.10 bits per heavy atom. The minimum absolute atomic E-state index is 0.0348. The molecule has 0 saturated heterocycles. The second kappa shape index (κ2) is 9.87. The van der Waals surface area contributed by atoms with Gasteiger partial charge in [-0.3, -0.25) is 19.7 Å². The SMILES string of the molecule is COc1cc(/C=C/C(=O)CC(=O)/C=C/c2cc(OC)c(O)c([N+](=O)[O-])c2)ccc1O. The first-order valence-corrected chi connectivity index (χ1v) is 8.59. The molecule has 0 unspecified atom stereocenters. The molecule has 0 amide bonds. The van der Waals surface area contributed by atoms with Crippen molar-refractivity contribution >= 4 is 29.4 Å². The highest BCUT2D eigenvalue weighted by molar-refractivity contribution is 6.10. The topological polar surface area (TPSA) is 136 Å². The molecule has 30 heavy (non-hydrogen) atoms. The van der Waals surface area contributed by atoms with Gasteiger partial charge in [-0.15, -0.1) is 0 Å². The van der Waals surface area contributed by atoms with E-state index in [9.17, 15) is 29.9 Å². The Bertz CT molecular complexity index is 1040. The zero-order valence-electron chi connectivity index (χ0n) is 16.2. The number of methoxy groups -OCH3 is 2. The lowest BCUT2D eigenvalue weighted by atomic mass is 10.1. The molecule has 2 rings (SSSR count). The molecule has 0 saturated carbocycles. The molecule has 156 valence electrons. The smallest absolute Gasteiger partial charge is 0.315 e. The van der Waals surface area contributed by atoms with E-state index >= 15 is 0 Å². The van der Waals surface area contributed by atoms with Gasteiger partial charge in [-0.2, -0.15) is 0 Å². The number of hydrogen-bond acceptors (Lipinski definition) is 8. The third-order valence-electron chi connectivity index (χ3n) is 3.97. The zero-order chi connectivity index (χ0) is 22.3. The predicted octanol–water partition coefficient (Wildman–Crippen LogP) is 3.28. The number of phenolic OH excluding ortho intramolecular Hbond substituents is 2. The summed E-state index contributed by atoms with van der Waals surface area (Å²) in [6.07, 6.45) is 4.71. The normalized spacial score (nSPS) is 11.0. The van der Waals surface area contributed by atoms with Crippen LogP contribution in [0.15, 0.2) is 42.5 Å². The van der Waals surface area contributed by atoms with Crippen molar-refractivity contribution in [3.05, 3.63) is 63.7 Å². The summed E-state index contributed by atoms with van der Waals surface area (Å²) in [6, 6.07) is 6.94. The Morgan fingerprint density at radius 2 is 1.53 bits per heavy atom. The minimum Gasteiger partial charge on any atom is -0.504 e. The predicted molar refractivity (Wildman–Crippen MR) is 109 cm³/mol. The summed E-state index contributed by atoms with van der Waals surface area (Å²) < 4.78 is 9.86. The number of hydrogen-bond donors (Lipinski definition) is 2. The number of carbonyl (C=O) groups excluding carboxylic acids is 2. The van der Waals surface area contributed by atoms with Crippen molar-refractivity contribution in [2.24, 2.45) is 0 Å². The van der Waals surface area contributed by atoms with E-state index in [4.69, 9.17) is 9.47 Å². The molecule has 0 aliphatic heterocycles. The average molecular weight is 413 g/mol. The number of nitro groups is 1. The maximum absolute atomic E-state index is 12.0. The lowest BCUT2D eigenvalue weighted by Gasteiger charge is -2.05. The van der Waals surface area contributed by atoms with Crippen LogP contribution < -0.4 is 9.47 Å². The van der Waals surface area contributed by atoms with Crippen molar-refractivity contribution in [1.29, 1.82) is 0 Å². The molecule has 0 atom stereocenters. The molecular weight excluding hydrogens is 394 g/mol. The summed E-state index contributed by atoms with van der Waals surface area (Å²) >= 11 is 0. The first kappa shape index (κ1) is 22.2. The third-order valence-corrected chi connectivity index (χ3v) is 3.97. The fourth-order valence-electron chi connectivity index (χ4n) is 2.47. The van der Waals surface area contributed by atoms with Crippen molar-refractivity contribution in [2.45, 2.75) is 6.42 Å². The van der Waals surface area contributed by atoms with E-state index in [0.29, 0.717) is 5.56 Å². The van der Waals surface area contributed by atoms with Gasteiger partial charge in [-0.05, 0) is 41.5 Å². The molecule has 0 bridgehead atoms. The number of aromatic hydroxyl groups is 2. The van der Waals surface area contributed by atoms with E-state index < -0.39 is 34.3 Å². The quantitative estimate of drug-likeness (QED) is 0.277. The highest BCUT2D eigenvalue weighted by Gasteiger charge is 2.19. The molecule has 0 radical (unpaired) electrons. The average Bonchev–Trinajstić information content (AvgIpc) is 2.72. The van der Waals surface area contributed by atoms with Gasteiger partial charge in [-0.1, -0.05) is 18.2 Å². The molecule has 0 aliphatic rings. The molecule has 2 N–H and O–H groups in total. The van der Waals surface area contributed by atoms with Crippen LogP contribution in [0.25, 0.3) is 12.2 Å². The van der Waals surface area contributed by atoms with Crippen LogP contribution in [0, 0.1) is 10.1 Å². The van der Waals surface area contributed by atoms with Crippen LogP contribution in [0.4, 0.5) is 5.69 Å². The number of nitrogens with zero attached hydrogens (tertiary/aromatic N) is 1. The number of rotatable bonds is 9. The monoisotopic (exact) mass is 413 g/mol. The summed E-state index contributed by atoms with van der Waals surface area (Å²) in [6.45, 7) is 0. The Morgan fingerprint density at radius 1 is 0.967 bits per heavy atom. The number of ether oxygens (including phenoxy) is 2. The van der Waals surface area contributed by atoms with Gasteiger partial charge >= 0.3 is 5.69 Å². The highest BCUT2D eigenvalue weighted by atomic mass is 16.6. The van der Waals surface area contributed by atoms with E-state index in [1.165, 1.54) is 50.6 Å². The molecule has 0 fully saturated rings. The maximum atomic E-state index is 12.0. The van der Waals surface area contributed by atoms with E-state index in [1.807, 2.05) is 0 Å². The van der Waals surface area contributed by atoms with Crippen LogP contribution >= 0.6 is 0 Å². The molecule has 0 heterocycles. The summed E-state index contributed by atoms with van der Waals surface area (Å²) in [5.74, 6) is -1.47. The third kappa shape index (κ3) is 5.68. The van der Waals surface area contributed by atoms with Crippen LogP contribution in [0.1, 0.15) is 17.5 Å². The van der Waals surface area contributed by atoms with Gasteiger partial charge in [0.2, 0.25) is 5.75 Å². The van der Waals surface area contributed by atoms with Gasteiger partial charge in [0, 0.05) is 6.07 Å². The minimum atomic E-state index is -0.774. The lowest BCUT2D eigenvalue weighted by molar-refractivity contribution is -0.386. The molecule has 9 heteroatoms. The fraction of sp³-hybridized carbons (Fsp3) is 0.143. The zero-order valence-corrected chi connectivity index (χ0v) is 16.2. The Hall–Kier alpha value is -4.14. The van der Waals surface area contributed by atoms with E-state index in [0.717, 1.165) is 12.1 Å². The summed E-state index contributed by atoms with van der Waals surface area (Å²) in [5, 5.41) is 30.3. The highest BCUT2D eigenvalue weighted by Crippen LogP contribution is 2.37. The number of nitro benzene ring substituents is 1. The van der Waals surface area contributed by atoms with Crippen molar-refractivity contribution in [3.63, 3.8) is 0 Å². The molecule has 9 nitrogen and oxygen atoms in total. The van der Waals surface area contributed by atoms with Gasteiger partial charge in [0.05, 0.1) is 25.6 Å². The van der Waals surface area contributed by atoms with Gasteiger partial charge < -0.3 is 19.7 Å². The van der Waals surface area contributed by atoms with Crippen molar-refractivity contribution in [2.75, 3.05) is 14.2 Å². The fourth-order valence-corrected chi connectivity index (χ4v) is 2.47. The van der Waals surface area contributed by atoms with E-state index in [1.54, 1.807) is 6.07 Å². The molecule has 0 aromatic heterocycles. The summed E-state index contributed by atoms with van der Waals surface area (Å²) in [4.78, 5) is 34.2. The van der Waals surface area contributed by atoms with Crippen LogP contribution in [0.2, 0.25) is 0 Å². The van der Waals surface area contributed by atoms with Crippen LogP contribution in [-0.4, -0.2) is 40.9 Å². The Kier molecular flexibility index (Phi) is 7.29. The van der Waals surface area contributed by atoms with Crippen molar-refractivity contribution in [1.82, 2.24) is 0 Å². The lowest BCUT2D eigenvalue weighted by Crippen LogP contribution is -2.02. The second-order valence-electron chi connectivity index (χ2n) is 6.06. The van der Waals surface area contributed by atoms with Crippen molar-refractivity contribution in [3.8, 4) is 23.0 Å². The van der Waals surface area contributed by atoms with Gasteiger partial charge in [0.15, 0.2) is 28.8 Å². The number of benzene rings is 2. The number of phenols is 2. The van der Waals surface area contributed by atoms with Crippen LogP contribution in [-0.2, 0) is 9.59 Å². The Labute approximate surface area is 171 Å². The first-order valence-electron chi connectivity index (χ1n) is 8.59. The number of carbonyl (C=O) groups is 2. The van der Waals surface area contributed by atoms with Gasteiger partial charge in [-0.25, -0.2) is 0 Å². The van der Waals surface area contributed by atoms with Crippen LogP contribution in [0.3, 0.4) is 0 Å². The van der Waals surface area contributed by atoms with E-state index in [-0.39, 0.29) is 22.8 Å². The molecule has 0 spiro atoms. The maximum Gasteiger partial charge on any atom is 0.315 e. The van der Waals surface area contributed by atoms with Gasteiger partial charge in [0.1, 0.15) is 0 Å². The summed E-state index contributed by atoms with van der Waals surface area (Å²) in [5.41, 5.74) is 0.290. The van der Waals surface area contributed by atoms with Crippen LogP contribution in [0.5, 0.6) is 23.0 Å². The number of ketones is 2. The standard InChI is InChI=1S/C21H19NO8/c1-29-19-10-13(5-8-18(19)25)3-6-15(23)12-16(24)7-4-14-9-17(22(27)28)21(26)20(11-14)30-2/h3-11,25-26H,12H2,1-2H3/b6-3+,7-4+. The molecule has 2 aromatic carbocycles. The largest absolute Gasteiger partial charge is 0.504 e. The number of allylic oxidation sites excluding steroid dienone is 2. The molecule has 2 aromatic rings. The second-order valence-corrected chi connectivity index (χ2v) is 6.06. The van der Waals surface area contributed by atoms with Crippen molar-refractivity contribution < 1.29 is 34.2 Å². The summed E-state index contributed by atoms with van der Waals surface area (Å²) in [7, 11) is 2.64. The Balaban J connectivity index is 2.06. The van der Waals surface area contributed by atoms with Gasteiger partial charge in [0.25, 0.3) is 0 Å². The van der Waals surface area contributed by atoms with E-state index in [2.05, 4.69) is 0 Å². The molecular formula is C21H19NO8. The first-order chi connectivity index (χ1) is 14.2. The molecule has 0 aliphatic carbocycles.